The minimum Gasteiger partial charge on any atom is -0.458 e. The fourth-order valence-electron chi connectivity index (χ4n) is 4.33. The number of amides is 4. The van der Waals surface area contributed by atoms with Gasteiger partial charge >= 0.3 is 6.03 Å². The quantitative estimate of drug-likeness (QED) is 0.657. The predicted octanol–water partition coefficient (Wildman–Crippen LogP) is 1.87. The molecule has 2 aliphatic heterocycles. The molecule has 0 spiro atoms. The number of hydrogen-bond acceptors (Lipinski definition) is 6. The Balaban J connectivity index is 1.56. The molecule has 10 heteroatoms. The van der Waals surface area contributed by atoms with Gasteiger partial charge in [0.15, 0.2) is 15.4 Å². The summed E-state index contributed by atoms with van der Waals surface area (Å²) in [5, 5.41) is 3.45. The number of furan rings is 1. The SMILES string of the molecule is CC(C)CN(C(=O)CN1C(=O)N[C@@](C)(c2cc3ccccc3o2)C1=O)[C@@H]1CCS(=O)(=O)C1. The van der Waals surface area contributed by atoms with Gasteiger partial charge in [0.25, 0.3) is 5.91 Å². The summed E-state index contributed by atoms with van der Waals surface area (Å²) in [5.41, 5.74) is -0.846. The van der Waals surface area contributed by atoms with Crippen LogP contribution in [0.15, 0.2) is 34.7 Å². The van der Waals surface area contributed by atoms with Crippen LogP contribution < -0.4 is 5.32 Å². The van der Waals surface area contributed by atoms with Crippen LogP contribution in [0.2, 0.25) is 0 Å². The Morgan fingerprint density at radius 1 is 1.31 bits per heavy atom. The lowest BCUT2D eigenvalue weighted by Gasteiger charge is -2.31. The number of benzene rings is 1. The maximum atomic E-state index is 13.2. The van der Waals surface area contributed by atoms with E-state index in [1.54, 1.807) is 19.1 Å². The van der Waals surface area contributed by atoms with Crippen LogP contribution in [0.3, 0.4) is 0 Å². The summed E-state index contributed by atoms with van der Waals surface area (Å²) in [7, 11) is -3.19. The molecule has 1 aromatic heterocycles. The van der Waals surface area contributed by atoms with Crippen molar-refractivity contribution in [1.82, 2.24) is 15.1 Å². The largest absolute Gasteiger partial charge is 0.458 e. The number of rotatable bonds is 6. The van der Waals surface area contributed by atoms with Gasteiger partial charge in [-0.2, -0.15) is 0 Å². The van der Waals surface area contributed by atoms with Crippen molar-refractivity contribution >= 4 is 38.7 Å². The molecule has 4 amide bonds. The number of sulfone groups is 1. The van der Waals surface area contributed by atoms with Gasteiger partial charge in [-0.05, 0) is 31.4 Å². The van der Waals surface area contributed by atoms with Crippen molar-refractivity contribution in [1.29, 1.82) is 0 Å². The zero-order valence-corrected chi connectivity index (χ0v) is 19.1. The van der Waals surface area contributed by atoms with Crippen LogP contribution in [-0.2, 0) is 25.0 Å². The molecule has 0 unspecified atom stereocenters. The number of nitrogens with one attached hydrogen (secondary N) is 1. The zero-order chi connectivity index (χ0) is 23.3. The molecule has 0 aliphatic carbocycles. The number of hydrogen-bond donors (Lipinski definition) is 1. The average molecular weight is 462 g/mol. The molecule has 0 bridgehead atoms. The zero-order valence-electron chi connectivity index (χ0n) is 18.3. The number of urea groups is 1. The molecule has 2 atom stereocenters. The van der Waals surface area contributed by atoms with E-state index in [0.717, 1.165) is 10.3 Å². The van der Waals surface area contributed by atoms with Crippen LogP contribution in [0.4, 0.5) is 4.79 Å². The topological polar surface area (TPSA) is 117 Å². The number of carbonyl (C=O) groups excluding carboxylic acids is 3. The molecule has 2 aliphatic rings. The van der Waals surface area contributed by atoms with E-state index < -0.39 is 45.8 Å². The van der Waals surface area contributed by atoms with E-state index in [4.69, 9.17) is 4.42 Å². The van der Waals surface area contributed by atoms with Crippen LogP contribution in [0.1, 0.15) is 33.0 Å². The second-order valence-electron chi connectivity index (χ2n) is 9.09. The van der Waals surface area contributed by atoms with Crippen LogP contribution in [0.5, 0.6) is 0 Å². The molecular formula is C22H27N3O6S. The summed E-state index contributed by atoms with van der Waals surface area (Å²) in [6, 6.07) is 7.83. The summed E-state index contributed by atoms with van der Waals surface area (Å²) >= 11 is 0. The van der Waals surface area contributed by atoms with Crippen LogP contribution in [0.25, 0.3) is 11.0 Å². The average Bonchev–Trinajstić information content (AvgIpc) is 3.37. The maximum absolute atomic E-state index is 13.2. The van der Waals surface area contributed by atoms with Crippen LogP contribution in [-0.4, -0.2) is 66.7 Å². The number of nitrogens with zero attached hydrogens (tertiary/aromatic N) is 2. The Morgan fingerprint density at radius 3 is 2.66 bits per heavy atom. The number of carbonyl (C=O) groups is 3. The third-order valence-corrected chi connectivity index (χ3v) is 7.77. The molecule has 2 aromatic rings. The summed E-state index contributed by atoms with van der Waals surface area (Å²) in [6.07, 6.45) is 0.359. The van der Waals surface area contributed by atoms with Crippen LogP contribution in [0, 0.1) is 5.92 Å². The number of fused-ring (bicyclic) bond motifs is 1. The Labute approximate surface area is 186 Å². The number of para-hydroxylation sites is 1. The molecule has 3 heterocycles. The third-order valence-electron chi connectivity index (χ3n) is 6.02. The molecule has 0 radical (unpaired) electrons. The highest BCUT2D eigenvalue weighted by Gasteiger charge is 2.52. The monoisotopic (exact) mass is 461 g/mol. The lowest BCUT2D eigenvalue weighted by Crippen LogP contribution is -2.49. The van der Waals surface area contributed by atoms with Gasteiger partial charge in [0.05, 0.1) is 11.5 Å². The van der Waals surface area contributed by atoms with Crippen molar-refractivity contribution in [3.8, 4) is 0 Å². The fraction of sp³-hybridized carbons (Fsp3) is 0.500. The van der Waals surface area contributed by atoms with E-state index >= 15 is 0 Å². The number of imide groups is 1. The molecule has 2 saturated heterocycles. The second kappa shape index (κ2) is 7.91. The first-order valence-electron chi connectivity index (χ1n) is 10.6. The molecule has 4 rings (SSSR count). The van der Waals surface area contributed by atoms with Gasteiger partial charge in [0.1, 0.15) is 17.9 Å². The van der Waals surface area contributed by atoms with E-state index in [9.17, 15) is 22.8 Å². The van der Waals surface area contributed by atoms with Crippen molar-refractivity contribution in [2.24, 2.45) is 5.92 Å². The van der Waals surface area contributed by atoms with Gasteiger partial charge in [-0.3, -0.25) is 14.5 Å². The highest BCUT2D eigenvalue weighted by molar-refractivity contribution is 7.91. The Bertz CT molecular complexity index is 1150. The predicted molar refractivity (Wildman–Crippen MR) is 117 cm³/mol. The first kappa shape index (κ1) is 22.3. The van der Waals surface area contributed by atoms with Gasteiger partial charge < -0.3 is 14.6 Å². The Morgan fingerprint density at radius 2 is 2.03 bits per heavy atom. The summed E-state index contributed by atoms with van der Waals surface area (Å²) in [5.74, 6) is -0.703. The lowest BCUT2D eigenvalue weighted by atomic mass is 9.99. The molecule has 9 nitrogen and oxygen atoms in total. The normalized spacial score (nSPS) is 25.0. The molecule has 32 heavy (non-hydrogen) atoms. The van der Waals surface area contributed by atoms with Gasteiger partial charge in [-0.15, -0.1) is 0 Å². The Hall–Kier alpha value is -2.88. The highest BCUT2D eigenvalue weighted by atomic mass is 32.2. The van der Waals surface area contributed by atoms with Gasteiger partial charge in [0.2, 0.25) is 5.91 Å². The minimum absolute atomic E-state index is 0.0345. The summed E-state index contributed by atoms with van der Waals surface area (Å²) in [6.45, 7) is 5.30. The third kappa shape index (κ3) is 3.99. The van der Waals surface area contributed by atoms with E-state index in [2.05, 4.69) is 5.32 Å². The van der Waals surface area contributed by atoms with Crippen molar-refractivity contribution in [2.45, 2.75) is 38.8 Å². The molecule has 172 valence electrons. The van der Waals surface area contributed by atoms with Gasteiger partial charge in [-0.25, -0.2) is 13.2 Å². The van der Waals surface area contributed by atoms with E-state index in [1.165, 1.54) is 4.90 Å². The van der Waals surface area contributed by atoms with Crippen molar-refractivity contribution in [2.75, 3.05) is 24.6 Å². The standard InChI is InChI=1S/C22H27N3O6S/c1-14(2)11-24(16-8-9-32(29,30)13-16)19(26)12-25-20(27)22(3,23-21(25)28)18-10-15-6-4-5-7-17(15)31-18/h4-7,10,14,16H,8-9,11-13H2,1-3H3,(H,23,28)/t16-,22+/m1/s1. The van der Waals surface area contributed by atoms with Crippen molar-refractivity contribution in [3.63, 3.8) is 0 Å². The highest BCUT2D eigenvalue weighted by Crippen LogP contribution is 2.33. The van der Waals surface area contributed by atoms with Gasteiger partial charge in [0, 0.05) is 18.0 Å². The fourth-order valence-corrected chi connectivity index (χ4v) is 6.06. The lowest BCUT2D eigenvalue weighted by molar-refractivity contribution is -0.140. The summed E-state index contributed by atoms with van der Waals surface area (Å²) in [4.78, 5) is 41.4. The van der Waals surface area contributed by atoms with E-state index in [1.807, 2.05) is 32.0 Å². The first-order chi connectivity index (χ1) is 15.0. The summed E-state index contributed by atoms with van der Waals surface area (Å²) < 4.78 is 29.7. The molecule has 1 N–H and O–H groups in total. The minimum atomic E-state index is -3.19. The van der Waals surface area contributed by atoms with Gasteiger partial charge in [-0.1, -0.05) is 32.0 Å². The van der Waals surface area contributed by atoms with Crippen molar-refractivity contribution < 1.29 is 27.2 Å². The molecule has 2 fully saturated rings. The first-order valence-corrected chi connectivity index (χ1v) is 12.5. The van der Waals surface area contributed by atoms with E-state index in [0.29, 0.717) is 18.5 Å². The Kier molecular flexibility index (Phi) is 5.52. The maximum Gasteiger partial charge on any atom is 0.325 e. The van der Waals surface area contributed by atoms with Crippen LogP contribution >= 0.6 is 0 Å². The van der Waals surface area contributed by atoms with E-state index in [-0.39, 0.29) is 23.2 Å². The second-order valence-corrected chi connectivity index (χ2v) is 11.3. The molecular weight excluding hydrogens is 434 g/mol. The molecule has 1 aromatic carbocycles. The molecule has 0 saturated carbocycles. The smallest absolute Gasteiger partial charge is 0.325 e. The van der Waals surface area contributed by atoms with Crippen molar-refractivity contribution in [3.05, 3.63) is 36.1 Å².